The van der Waals surface area contributed by atoms with Gasteiger partial charge in [0.15, 0.2) is 5.76 Å². The van der Waals surface area contributed by atoms with Crippen molar-refractivity contribution in [1.82, 2.24) is 15.0 Å². The quantitative estimate of drug-likeness (QED) is 0.717. The van der Waals surface area contributed by atoms with Crippen molar-refractivity contribution in [2.45, 2.75) is 12.5 Å². The van der Waals surface area contributed by atoms with E-state index in [1.54, 1.807) is 25.5 Å². The molecular formula is C20H21N3O5. The molecule has 1 aromatic carbocycles. The van der Waals surface area contributed by atoms with Crippen LogP contribution < -0.4 is 9.47 Å². The van der Waals surface area contributed by atoms with Crippen LogP contribution in [0.3, 0.4) is 0 Å². The highest BCUT2D eigenvalue weighted by molar-refractivity contribution is 5.46. The van der Waals surface area contributed by atoms with E-state index in [-0.39, 0.29) is 17.9 Å². The topological polar surface area (TPSA) is 94.0 Å². The number of aliphatic hydroxyl groups is 1. The first-order valence-electron chi connectivity index (χ1n) is 9.21. The minimum atomic E-state index is -0.342. The largest absolute Gasteiger partial charge is 0.497 e. The highest BCUT2D eigenvalue weighted by Gasteiger charge is 2.51. The number of furan rings is 1. The Bertz CT molecular complexity index is 970. The summed E-state index contributed by atoms with van der Waals surface area (Å²) in [6.07, 6.45) is 1.58. The number of nitrogens with zero attached hydrogens (tertiary/aromatic N) is 3. The van der Waals surface area contributed by atoms with Crippen molar-refractivity contribution in [3.8, 4) is 23.1 Å². The van der Waals surface area contributed by atoms with Gasteiger partial charge in [-0.25, -0.2) is 0 Å². The molecule has 28 heavy (non-hydrogen) atoms. The van der Waals surface area contributed by atoms with Crippen LogP contribution in [0.2, 0.25) is 0 Å². The summed E-state index contributed by atoms with van der Waals surface area (Å²) in [5, 5.41) is 14.2. The Morgan fingerprint density at radius 2 is 2.29 bits per heavy atom. The molecule has 4 heterocycles. The van der Waals surface area contributed by atoms with Gasteiger partial charge >= 0.3 is 0 Å². The van der Waals surface area contributed by atoms with Gasteiger partial charge in [-0.15, -0.1) is 0 Å². The molecule has 1 saturated heterocycles. The van der Waals surface area contributed by atoms with Gasteiger partial charge in [-0.2, -0.15) is 4.98 Å². The molecule has 0 aliphatic carbocycles. The Morgan fingerprint density at radius 3 is 3.07 bits per heavy atom. The molecule has 8 nitrogen and oxygen atoms in total. The van der Waals surface area contributed by atoms with Gasteiger partial charge in [0.2, 0.25) is 11.7 Å². The number of rotatable bonds is 5. The molecule has 1 fully saturated rings. The predicted octanol–water partition coefficient (Wildman–Crippen LogP) is 2.31. The van der Waals surface area contributed by atoms with Crippen molar-refractivity contribution in [3.63, 3.8) is 0 Å². The molecule has 2 atom stereocenters. The van der Waals surface area contributed by atoms with E-state index in [2.05, 4.69) is 15.0 Å². The maximum Gasteiger partial charge on any atom is 0.241 e. The number of aromatic nitrogens is 2. The van der Waals surface area contributed by atoms with E-state index >= 15 is 0 Å². The Kier molecular flexibility index (Phi) is 4.10. The monoisotopic (exact) mass is 383 g/mol. The molecule has 0 saturated carbocycles. The van der Waals surface area contributed by atoms with E-state index in [0.717, 1.165) is 23.6 Å². The number of ether oxygens (including phenoxy) is 2. The van der Waals surface area contributed by atoms with Crippen molar-refractivity contribution >= 4 is 0 Å². The van der Waals surface area contributed by atoms with E-state index in [1.165, 1.54) is 0 Å². The summed E-state index contributed by atoms with van der Waals surface area (Å²) in [6, 6.07) is 9.46. The van der Waals surface area contributed by atoms with Gasteiger partial charge in [0, 0.05) is 30.5 Å². The third kappa shape index (κ3) is 2.76. The summed E-state index contributed by atoms with van der Waals surface area (Å²) in [5.41, 5.74) is 0.760. The minimum Gasteiger partial charge on any atom is -0.497 e. The van der Waals surface area contributed by atoms with Crippen LogP contribution in [0.5, 0.6) is 11.5 Å². The van der Waals surface area contributed by atoms with Crippen molar-refractivity contribution < 1.29 is 23.5 Å². The molecule has 0 amide bonds. The molecule has 146 valence electrons. The van der Waals surface area contributed by atoms with Crippen LogP contribution in [-0.2, 0) is 6.54 Å². The van der Waals surface area contributed by atoms with Crippen LogP contribution in [-0.4, -0.2) is 53.6 Å². The summed E-state index contributed by atoms with van der Waals surface area (Å²) in [7, 11) is 1.64. The minimum absolute atomic E-state index is 0.0567. The average molecular weight is 383 g/mol. The van der Waals surface area contributed by atoms with Crippen molar-refractivity contribution in [3.05, 3.63) is 48.0 Å². The summed E-state index contributed by atoms with van der Waals surface area (Å²) < 4.78 is 22.0. The third-order valence-corrected chi connectivity index (χ3v) is 5.71. The Balaban J connectivity index is 1.38. The standard InChI is InChI=1S/C20H21N3O5/c1-25-13-4-5-14-15-8-23(10-20(15,11-24)12-27-17(14)7-13)9-18-21-19(22-28-18)16-3-2-6-26-16/h2-7,15,24H,8-12H2,1H3/t15-,20-/m0/s1. The molecule has 0 radical (unpaired) electrons. The van der Waals surface area contributed by atoms with Gasteiger partial charge in [0.05, 0.1) is 33.1 Å². The molecule has 1 N–H and O–H groups in total. The zero-order chi connectivity index (χ0) is 19.1. The van der Waals surface area contributed by atoms with Gasteiger partial charge in [0.25, 0.3) is 0 Å². The Hall–Kier alpha value is -2.84. The fourth-order valence-corrected chi connectivity index (χ4v) is 4.26. The van der Waals surface area contributed by atoms with Crippen LogP contribution in [0.15, 0.2) is 45.5 Å². The normalized spacial score (nSPS) is 23.9. The van der Waals surface area contributed by atoms with E-state index in [4.69, 9.17) is 18.4 Å². The number of hydrogen-bond donors (Lipinski definition) is 1. The lowest BCUT2D eigenvalue weighted by Gasteiger charge is -2.38. The SMILES string of the molecule is COc1ccc2c(c1)OC[C@@]1(CO)CN(Cc3nc(-c4ccco4)no3)C[C@@H]21. The number of fused-ring (bicyclic) bond motifs is 3. The van der Waals surface area contributed by atoms with Crippen LogP contribution in [0, 0.1) is 5.41 Å². The maximum absolute atomic E-state index is 10.2. The molecule has 0 spiro atoms. The second-order valence-corrected chi connectivity index (χ2v) is 7.42. The van der Waals surface area contributed by atoms with Gasteiger partial charge in [-0.05, 0) is 23.8 Å². The van der Waals surface area contributed by atoms with E-state index in [0.29, 0.717) is 37.2 Å². The molecule has 2 aliphatic rings. The zero-order valence-corrected chi connectivity index (χ0v) is 15.5. The summed E-state index contributed by atoms with van der Waals surface area (Å²) in [6.45, 7) is 2.50. The maximum atomic E-state index is 10.2. The lowest BCUT2D eigenvalue weighted by atomic mass is 9.74. The summed E-state index contributed by atoms with van der Waals surface area (Å²) in [4.78, 5) is 6.65. The number of likely N-dealkylation sites (tertiary alicyclic amines) is 1. The Morgan fingerprint density at radius 1 is 1.36 bits per heavy atom. The van der Waals surface area contributed by atoms with Gasteiger partial charge in [0.1, 0.15) is 11.5 Å². The van der Waals surface area contributed by atoms with Gasteiger partial charge in [-0.1, -0.05) is 11.2 Å². The number of aliphatic hydroxyl groups excluding tert-OH is 1. The number of hydrogen-bond acceptors (Lipinski definition) is 8. The third-order valence-electron chi connectivity index (χ3n) is 5.71. The molecule has 2 aliphatic heterocycles. The number of benzene rings is 1. The van der Waals surface area contributed by atoms with Crippen LogP contribution in [0.25, 0.3) is 11.6 Å². The fourth-order valence-electron chi connectivity index (χ4n) is 4.26. The second kappa shape index (κ2) is 6.65. The van der Waals surface area contributed by atoms with Gasteiger partial charge < -0.3 is 23.5 Å². The van der Waals surface area contributed by atoms with E-state index in [1.807, 2.05) is 18.2 Å². The molecule has 0 bridgehead atoms. The smallest absolute Gasteiger partial charge is 0.241 e. The molecule has 2 aromatic heterocycles. The summed E-state index contributed by atoms with van der Waals surface area (Å²) in [5.74, 6) is 3.30. The first-order valence-corrected chi connectivity index (χ1v) is 9.21. The second-order valence-electron chi connectivity index (χ2n) is 7.42. The molecular weight excluding hydrogens is 362 g/mol. The molecule has 5 rings (SSSR count). The van der Waals surface area contributed by atoms with Crippen molar-refractivity contribution in [2.24, 2.45) is 5.41 Å². The predicted molar refractivity (Wildman–Crippen MR) is 98.0 cm³/mol. The first kappa shape index (κ1) is 17.3. The molecule has 0 unspecified atom stereocenters. The molecule has 3 aromatic rings. The van der Waals surface area contributed by atoms with E-state index in [9.17, 15) is 5.11 Å². The molecule has 8 heteroatoms. The number of methoxy groups -OCH3 is 1. The van der Waals surface area contributed by atoms with Gasteiger partial charge in [-0.3, -0.25) is 4.90 Å². The summed E-state index contributed by atoms with van der Waals surface area (Å²) >= 11 is 0. The first-order chi connectivity index (χ1) is 13.7. The van der Waals surface area contributed by atoms with Crippen molar-refractivity contribution in [2.75, 3.05) is 33.4 Å². The zero-order valence-electron chi connectivity index (χ0n) is 15.5. The lowest BCUT2D eigenvalue weighted by molar-refractivity contribution is 0.0449. The lowest BCUT2D eigenvalue weighted by Crippen LogP contribution is -2.42. The van der Waals surface area contributed by atoms with Crippen LogP contribution >= 0.6 is 0 Å². The highest BCUT2D eigenvalue weighted by Crippen LogP contribution is 2.50. The Labute approximate surface area is 161 Å². The highest BCUT2D eigenvalue weighted by atomic mass is 16.5. The fraction of sp³-hybridized carbons (Fsp3) is 0.400. The van der Waals surface area contributed by atoms with Crippen molar-refractivity contribution in [1.29, 1.82) is 0 Å². The average Bonchev–Trinajstić information content (AvgIpc) is 3.47. The van der Waals surface area contributed by atoms with Crippen LogP contribution in [0.4, 0.5) is 0 Å². The van der Waals surface area contributed by atoms with Crippen LogP contribution in [0.1, 0.15) is 17.4 Å². The van der Waals surface area contributed by atoms with E-state index < -0.39 is 0 Å².